The molecule has 0 N–H and O–H groups in total. The molecule has 0 bridgehead atoms. The van der Waals surface area contributed by atoms with Gasteiger partial charge in [0.25, 0.3) is 0 Å². The molecule has 0 aromatic heterocycles. The van der Waals surface area contributed by atoms with E-state index >= 15 is 0 Å². The third kappa shape index (κ3) is 1.66. The summed E-state index contributed by atoms with van der Waals surface area (Å²) in [6, 6.07) is 0. The Kier molecular flexibility index (Phi) is 2.89. The van der Waals surface area contributed by atoms with Crippen LogP contribution in [0.4, 0.5) is 0 Å². The fourth-order valence-corrected chi connectivity index (χ4v) is 3.83. The Bertz CT molecular complexity index is 315. The minimum atomic E-state index is 0.245. The molecular weight excluding hydrogens is 196 g/mol. The van der Waals surface area contributed by atoms with Crippen molar-refractivity contribution < 1.29 is 4.74 Å². The molecule has 1 heterocycles. The summed E-state index contributed by atoms with van der Waals surface area (Å²) in [6.07, 6.45) is 13.5. The third-order valence-corrected chi connectivity index (χ3v) is 4.58. The average molecular weight is 218 g/mol. The summed E-state index contributed by atoms with van der Waals surface area (Å²) in [7, 11) is 0. The van der Waals surface area contributed by atoms with Crippen molar-refractivity contribution in [3.8, 4) is 0 Å². The van der Waals surface area contributed by atoms with E-state index in [9.17, 15) is 0 Å². The Morgan fingerprint density at radius 3 is 2.56 bits per heavy atom. The van der Waals surface area contributed by atoms with Gasteiger partial charge in [0.1, 0.15) is 0 Å². The summed E-state index contributed by atoms with van der Waals surface area (Å²) in [5.74, 6) is 0.764. The lowest BCUT2D eigenvalue weighted by atomic mass is 9.72. The van der Waals surface area contributed by atoms with Crippen molar-refractivity contribution in [1.82, 2.24) is 0 Å². The van der Waals surface area contributed by atoms with Crippen LogP contribution in [0.3, 0.4) is 0 Å². The van der Waals surface area contributed by atoms with Crippen molar-refractivity contribution in [2.45, 2.75) is 63.6 Å². The lowest BCUT2D eigenvalue weighted by molar-refractivity contribution is -0.0358. The van der Waals surface area contributed by atoms with Gasteiger partial charge >= 0.3 is 0 Å². The van der Waals surface area contributed by atoms with E-state index in [1.54, 1.807) is 11.1 Å². The van der Waals surface area contributed by atoms with E-state index in [-0.39, 0.29) is 6.10 Å². The zero-order valence-electron chi connectivity index (χ0n) is 10.1. The van der Waals surface area contributed by atoms with E-state index in [1.807, 2.05) is 6.08 Å². The smallest absolute Gasteiger partial charge is 0.0970 e. The molecule has 0 radical (unpaired) electrons. The Hall–Kier alpha value is -0.560. The first kappa shape index (κ1) is 10.6. The van der Waals surface area contributed by atoms with Crippen LogP contribution in [0.5, 0.6) is 0 Å². The molecular formula is C15H22O. The largest absolute Gasteiger partial charge is 0.366 e. The van der Waals surface area contributed by atoms with Crippen LogP contribution in [0.25, 0.3) is 0 Å². The first-order chi connectivity index (χ1) is 7.90. The first-order valence-electron chi connectivity index (χ1n) is 6.90. The van der Waals surface area contributed by atoms with Crippen molar-refractivity contribution in [3.63, 3.8) is 0 Å². The van der Waals surface area contributed by atoms with Gasteiger partial charge in [0.15, 0.2) is 0 Å². The van der Waals surface area contributed by atoms with Crippen LogP contribution in [0, 0.1) is 5.92 Å². The standard InChI is InChI=1S/C15H22O/c1-2-14-12-8-4-3-7-11(12)13-9-5-6-10-15(13)16-14/h2,13-15H,1,3-10H2/t13-,14-,15+/m0/s1. The molecule has 1 heteroatoms. The second-order valence-electron chi connectivity index (χ2n) is 5.48. The molecule has 0 saturated heterocycles. The maximum atomic E-state index is 6.23. The van der Waals surface area contributed by atoms with E-state index in [0.29, 0.717) is 6.10 Å². The molecule has 1 fully saturated rings. The molecule has 3 aliphatic rings. The summed E-state index contributed by atoms with van der Waals surface area (Å²) in [6.45, 7) is 3.95. The zero-order chi connectivity index (χ0) is 11.0. The van der Waals surface area contributed by atoms with Crippen molar-refractivity contribution in [2.75, 3.05) is 0 Å². The monoisotopic (exact) mass is 218 g/mol. The van der Waals surface area contributed by atoms with Crippen molar-refractivity contribution in [1.29, 1.82) is 0 Å². The van der Waals surface area contributed by atoms with E-state index in [4.69, 9.17) is 4.74 Å². The molecule has 0 spiro atoms. The highest BCUT2D eigenvalue weighted by Crippen LogP contribution is 2.45. The van der Waals surface area contributed by atoms with Gasteiger partial charge in [-0.25, -0.2) is 0 Å². The Balaban J connectivity index is 1.94. The summed E-state index contributed by atoms with van der Waals surface area (Å²) in [4.78, 5) is 0. The van der Waals surface area contributed by atoms with E-state index in [2.05, 4.69) is 6.58 Å². The van der Waals surface area contributed by atoms with Crippen LogP contribution in [-0.2, 0) is 4.74 Å². The molecule has 16 heavy (non-hydrogen) atoms. The number of hydrogen-bond donors (Lipinski definition) is 0. The molecule has 1 aliphatic heterocycles. The van der Waals surface area contributed by atoms with Gasteiger partial charge in [-0.3, -0.25) is 0 Å². The van der Waals surface area contributed by atoms with Gasteiger partial charge < -0.3 is 4.74 Å². The third-order valence-electron chi connectivity index (χ3n) is 4.58. The Morgan fingerprint density at radius 2 is 1.75 bits per heavy atom. The lowest BCUT2D eigenvalue weighted by Gasteiger charge is -2.43. The fourth-order valence-electron chi connectivity index (χ4n) is 3.83. The van der Waals surface area contributed by atoms with Crippen LogP contribution in [-0.4, -0.2) is 12.2 Å². The molecule has 0 amide bonds. The predicted molar refractivity (Wildman–Crippen MR) is 66.3 cm³/mol. The minimum Gasteiger partial charge on any atom is -0.366 e. The van der Waals surface area contributed by atoms with Gasteiger partial charge in [-0.2, -0.15) is 0 Å². The molecule has 0 aromatic carbocycles. The summed E-state index contributed by atoms with van der Waals surface area (Å²) in [5.41, 5.74) is 3.37. The van der Waals surface area contributed by atoms with Crippen LogP contribution in [0.2, 0.25) is 0 Å². The molecule has 0 aromatic rings. The second kappa shape index (κ2) is 4.37. The maximum absolute atomic E-state index is 6.23. The molecule has 3 rings (SSSR count). The molecule has 2 aliphatic carbocycles. The van der Waals surface area contributed by atoms with Crippen LogP contribution in [0.1, 0.15) is 51.4 Å². The van der Waals surface area contributed by atoms with Crippen molar-refractivity contribution in [3.05, 3.63) is 23.8 Å². The normalized spacial score (nSPS) is 38.9. The maximum Gasteiger partial charge on any atom is 0.0970 e. The quantitative estimate of drug-likeness (QED) is 0.604. The highest BCUT2D eigenvalue weighted by Gasteiger charge is 2.38. The van der Waals surface area contributed by atoms with Gasteiger partial charge in [-0.1, -0.05) is 24.5 Å². The van der Waals surface area contributed by atoms with E-state index < -0.39 is 0 Å². The fraction of sp³-hybridized carbons (Fsp3) is 0.733. The summed E-state index contributed by atoms with van der Waals surface area (Å²) < 4.78 is 6.23. The minimum absolute atomic E-state index is 0.245. The summed E-state index contributed by atoms with van der Waals surface area (Å²) >= 11 is 0. The molecule has 0 unspecified atom stereocenters. The second-order valence-corrected chi connectivity index (χ2v) is 5.48. The Labute approximate surface area is 98.6 Å². The topological polar surface area (TPSA) is 9.23 Å². The predicted octanol–water partition coefficient (Wildman–Crippen LogP) is 4.00. The average Bonchev–Trinajstić information content (AvgIpc) is 2.38. The number of ether oxygens (including phenoxy) is 1. The SMILES string of the molecule is C=C[C@@H]1O[C@@H]2CCCC[C@H]2C2=C1CCCC2. The highest BCUT2D eigenvalue weighted by molar-refractivity contribution is 5.30. The van der Waals surface area contributed by atoms with Crippen LogP contribution in [0.15, 0.2) is 23.8 Å². The Morgan fingerprint density at radius 1 is 1.00 bits per heavy atom. The number of fused-ring (bicyclic) bond motifs is 2. The molecule has 3 atom stereocenters. The summed E-state index contributed by atoms with van der Waals surface area (Å²) in [5, 5.41) is 0. The van der Waals surface area contributed by atoms with Crippen LogP contribution >= 0.6 is 0 Å². The van der Waals surface area contributed by atoms with Gasteiger partial charge in [0.05, 0.1) is 12.2 Å². The van der Waals surface area contributed by atoms with E-state index in [0.717, 1.165) is 5.92 Å². The first-order valence-corrected chi connectivity index (χ1v) is 6.90. The van der Waals surface area contributed by atoms with Gasteiger partial charge in [-0.05, 0) is 44.1 Å². The zero-order valence-corrected chi connectivity index (χ0v) is 10.1. The number of hydrogen-bond acceptors (Lipinski definition) is 1. The van der Waals surface area contributed by atoms with E-state index in [1.165, 1.54) is 51.4 Å². The van der Waals surface area contributed by atoms with Gasteiger partial charge in [0, 0.05) is 5.92 Å². The molecule has 1 nitrogen and oxygen atoms in total. The number of rotatable bonds is 1. The van der Waals surface area contributed by atoms with Crippen LogP contribution < -0.4 is 0 Å². The van der Waals surface area contributed by atoms with Gasteiger partial charge in [-0.15, -0.1) is 6.58 Å². The molecule has 88 valence electrons. The van der Waals surface area contributed by atoms with Crippen molar-refractivity contribution in [2.24, 2.45) is 5.92 Å². The van der Waals surface area contributed by atoms with Crippen molar-refractivity contribution >= 4 is 0 Å². The highest BCUT2D eigenvalue weighted by atomic mass is 16.5. The van der Waals surface area contributed by atoms with Gasteiger partial charge in [0.2, 0.25) is 0 Å². The molecule has 1 saturated carbocycles. The lowest BCUT2D eigenvalue weighted by Crippen LogP contribution is -2.39.